The lowest BCUT2D eigenvalue weighted by Crippen LogP contribution is -2.13. The molecule has 0 bridgehead atoms. The van der Waals surface area contributed by atoms with E-state index in [-0.39, 0.29) is 5.91 Å². The highest BCUT2D eigenvalue weighted by Gasteiger charge is 2.18. The minimum atomic E-state index is -0.150. The standard InChI is InChI=1S/C17H13ClN2O2/c1-11-15(10-19-22)14-4-2-3-5-16(14)20(11)17(21)12-6-8-13(18)9-7-12/h2-10,22H,1H3/b19-10+. The van der Waals surface area contributed by atoms with E-state index in [0.717, 1.165) is 22.2 Å². The first-order chi connectivity index (χ1) is 10.6. The number of benzene rings is 2. The molecule has 0 fully saturated rings. The van der Waals surface area contributed by atoms with Crippen molar-refractivity contribution in [3.8, 4) is 0 Å². The monoisotopic (exact) mass is 312 g/mol. The van der Waals surface area contributed by atoms with Gasteiger partial charge < -0.3 is 5.21 Å². The number of oxime groups is 1. The summed E-state index contributed by atoms with van der Waals surface area (Å²) in [5, 5.41) is 13.4. The summed E-state index contributed by atoms with van der Waals surface area (Å²) in [6.45, 7) is 1.82. The summed E-state index contributed by atoms with van der Waals surface area (Å²) in [7, 11) is 0. The highest BCUT2D eigenvalue weighted by atomic mass is 35.5. The molecule has 0 unspecified atom stereocenters. The smallest absolute Gasteiger partial charge is 0.262 e. The summed E-state index contributed by atoms with van der Waals surface area (Å²) in [5.41, 5.74) is 2.76. The van der Waals surface area contributed by atoms with Crippen molar-refractivity contribution in [3.63, 3.8) is 0 Å². The normalized spacial score (nSPS) is 11.4. The van der Waals surface area contributed by atoms with Gasteiger partial charge in [0.15, 0.2) is 0 Å². The number of para-hydroxylation sites is 1. The van der Waals surface area contributed by atoms with Gasteiger partial charge in [0.05, 0.1) is 11.7 Å². The third kappa shape index (κ3) is 2.27. The summed E-state index contributed by atoms with van der Waals surface area (Å²) in [6.07, 6.45) is 1.35. The topological polar surface area (TPSA) is 54.6 Å². The lowest BCUT2D eigenvalue weighted by molar-refractivity contribution is 0.0963. The summed E-state index contributed by atoms with van der Waals surface area (Å²) < 4.78 is 1.62. The van der Waals surface area contributed by atoms with Crippen LogP contribution in [-0.4, -0.2) is 21.9 Å². The second-order valence-electron chi connectivity index (χ2n) is 4.91. The Kier molecular flexibility index (Phi) is 3.69. The van der Waals surface area contributed by atoms with Crippen LogP contribution in [0.25, 0.3) is 10.9 Å². The molecule has 0 aliphatic heterocycles. The summed E-state index contributed by atoms with van der Waals surface area (Å²) in [6, 6.07) is 14.3. The largest absolute Gasteiger partial charge is 0.411 e. The number of hydrogen-bond donors (Lipinski definition) is 1. The van der Waals surface area contributed by atoms with Gasteiger partial charge in [0.25, 0.3) is 5.91 Å². The number of aromatic nitrogens is 1. The van der Waals surface area contributed by atoms with E-state index in [0.29, 0.717) is 10.6 Å². The Morgan fingerprint density at radius 1 is 1.18 bits per heavy atom. The zero-order valence-corrected chi connectivity index (χ0v) is 12.6. The number of rotatable bonds is 2. The van der Waals surface area contributed by atoms with E-state index in [1.54, 1.807) is 28.8 Å². The molecule has 0 atom stereocenters. The minimum Gasteiger partial charge on any atom is -0.411 e. The van der Waals surface area contributed by atoms with Gasteiger partial charge in [-0.05, 0) is 37.3 Å². The fourth-order valence-electron chi connectivity index (χ4n) is 2.60. The number of carbonyl (C=O) groups is 1. The highest BCUT2D eigenvalue weighted by molar-refractivity contribution is 6.30. The van der Waals surface area contributed by atoms with Crippen molar-refractivity contribution in [3.05, 3.63) is 70.4 Å². The number of halogens is 1. The second-order valence-corrected chi connectivity index (χ2v) is 5.34. The van der Waals surface area contributed by atoms with Gasteiger partial charge in [-0.25, -0.2) is 0 Å². The van der Waals surface area contributed by atoms with Crippen molar-refractivity contribution in [1.82, 2.24) is 4.57 Å². The van der Waals surface area contributed by atoms with Gasteiger partial charge in [-0.15, -0.1) is 0 Å². The van der Waals surface area contributed by atoms with Gasteiger partial charge >= 0.3 is 0 Å². The lowest BCUT2D eigenvalue weighted by Gasteiger charge is -2.07. The molecule has 4 nitrogen and oxygen atoms in total. The third-order valence-corrected chi connectivity index (χ3v) is 3.89. The maximum Gasteiger partial charge on any atom is 0.262 e. The van der Waals surface area contributed by atoms with E-state index in [1.807, 2.05) is 31.2 Å². The molecule has 1 heterocycles. The molecule has 110 valence electrons. The van der Waals surface area contributed by atoms with Gasteiger partial charge in [-0.2, -0.15) is 0 Å². The van der Waals surface area contributed by atoms with E-state index in [1.165, 1.54) is 6.21 Å². The van der Waals surface area contributed by atoms with Crippen LogP contribution in [0.15, 0.2) is 53.7 Å². The Bertz CT molecular complexity index is 880. The van der Waals surface area contributed by atoms with Crippen LogP contribution in [0.5, 0.6) is 0 Å². The molecule has 0 amide bonds. The zero-order chi connectivity index (χ0) is 15.7. The average molecular weight is 313 g/mol. The van der Waals surface area contributed by atoms with E-state index >= 15 is 0 Å². The number of carbonyl (C=O) groups excluding carboxylic acids is 1. The molecule has 0 aliphatic rings. The molecule has 0 radical (unpaired) electrons. The molecule has 3 rings (SSSR count). The zero-order valence-electron chi connectivity index (χ0n) is 11.8. The van der Waals surface area contributed by atoms with Crippen molar-refractivity contribution in [1.29, 1.82) is 0 Å². The van der Waals surface area contributed by atoms with Gasteiger partial charge in [0, 0.05) is 27.2 Å². The van der Waals surface area contributed by atoms with E-state index in [9.17, 15) is 4.79 Å². The molecular formula is C17H13ClN2O2. The molecule has 0 aliphatic carbocycles. The van der Waals surface area contributed by atoms with Crippen molar-refractivity contribution < 1.29 is 10.0 Å². The first-order valence-electron chi connectivity index (χ1n) is 6.71. The summed E-state index contributed by atoms with van der Waals surface area (Å²) in [5.74, 6) is -0.150. The Labute approximate surface area is 132 Å². The van der Waals surface area contributed by atoms with Crippen molar-refractivity contribution in [2.24, 2.45) is 5.16 Å². The average Bonchev–Trinajstić information content (AvgIpc) is 2.80. The predicted molar refractivity (Wildman–Crippen MR) is 87.2 cm³/mol. The molecular weight excluding hydrogens is 300 g/mol. The molecule has 1 aromatic heterocycles. The Balaban J connectivity index is 2.24. The Morgan fingerprint density at radius 2 is 1.86 bits per heavy atom. The fraction of sp³-hybridized carbons (Fsp3) is 0.0588. The van der Waals surface area contributed by atoms with Crippen LogP contribution in [0.2, 0.25) is 5.02 Å². The lowest BCUT2D eigenvalue weighted by atomic mass is 10.1. The molecule has 22 heavy (non-hydrogen) atoms. The van der Waals surface area contributed by atoms with E-state index in [2.05, 4.69) is 5.16 Å². The molecule has 3 aromatic rings. The maximum absolute atomic E-state index is 12.8. The number of nitrogens with zero attached hydrogens (tertiary/aromatic N) is 2. The molecule has 5 heteroatoms. The fourth-order valence-corrected chi connectivity index (χ4v) is 2.72. The molecule has 0 saturated carbocycles. The summed E-state index contributed by atoms with van der Waals surface area (Å²) >= 11 is 5.87. The predicted octanol–water partition coefficient (Wildman–Crippen LogP) is 4.10. The number of hydrogen-bond acceptors (Lipinski definition) is 3. The maximum atomic E-state index is 12.8. The van der Waals surface area contributed by atoms with Crippen LogP contribution in [-0.2, 0) is 0 Å². The quantitative estimate of drug-likeness (QED) is 0.440. The first kappa shape index (κ1) is 14.4. The van der Waals surface area contributed by atoms with Crippen molar-refractivity contribution >= 4 is 34.6 Å². The van der Waals surface area contributed by atoms with Gasteiger partial charge in [0.2, 0.25) is 0 Å². The van der Waals surface area contributed by atoms with Crippen molar-refractivity contribution in [2.75, 3.05) is 0 Å². The van der Waals surface area contributed by atoms with E-state index in [4.69, 9.17) is 16.8 Å². The highest BCUT2D eigenvalue weighted by Crippen LogP contribution is 2.25. The van der Waals surface area contributed by atoms with Gasteiger partial charge in [-0.3, -0.25) is 9.36 Å². The van der Waals surface area contributed by atoms with Gasteiger partial charge in [-0.1, -0.05) is 35.0 Å². The van der Waals surface area contributed by atoms with Gasteiger partial charge in [0.1, 0.15) is 0 Å². The van der Waals surface area contributed by atoms with E-state index < -0.39 is 0 Å². The molecule has 0 saturated heterocycles. The molecule has 2 aromatic carbocycles. The molecule has 0 spiro atoms. The minimum absolute atomic E-state index is 0.150. The summed E-state index contributed by atoms with van der Waals surface area (Å²) in [4.78, 5) is 12.8. The van der Waals surface area contributed by atoms with Crippen LogP contribution in [0.3, 0.4) is 0 Å². The molecule has 1 N–H and O–H groups in total. The van der Waals surface area contributed by atoms with Crippen LogP contribution in [0, 0.1) is 6.92 Å². The number of fused-ring (bicyclic) bond motifs is 1. The van der Waals surface area contributed by atoms with Crippen LogP contribution >= 0.6 is 11.6 Å². The van der Waals surface area contributed by atoms with Crippen LogP contribution < -0.4 is 0 Å². The third-order valence-electron chi connectivity index (χ3n) is 3.64. The SMILES string of the molecule is Cc1c(/C=N/O)c2ccccc2n1C(=O)c1ccc(Cl)cc1. The van der Waals surface area contributed by atoms with Crippen LogP contribution in [0.4, 0.5) is 0 Å². The first-order valence-corrected chi connectivity index (χ1v) is 7.09. The second kappa shape index (κ2) is 5.66. The van der Waals surface area contributed by atoms with Crippen molar-refractivity contribution in [2.45, 2.75) is 6.92 Å². The Hall–Kier alpha value is -2.59. The van der Waals surface area contributed by atoms with Crippen LogP contribution in [0.1, 0.15) is 21.6 Å². The Morgan fingerprint density at radius 3 is 2.55 bits per heavy atom.